The Morgan fingerprint density at radius 3 is 2.73 bits per heavy atom. The van der Waals surface area contributed by atoms with Crippen LogP contribution < -0.4 is 16.0 Å². The Hall–Kier alpha value is -2.14. The summed E-state index contributed by atoms with van der Waals surface area (Å²) in [5, 5.41) is 4.37. The average molecular weight is 296 g/mol. The van der Waals surface area contributed by atoms with Gasteiger partial charge < -0.3 is 16.0 Å². The summed E-state index contributed by atoms with van der Waals surface area (Å²) < 4.78 is 0. The molecular formula is C17H20N4O. The van der Waals surface area contributed by atoms with Crippen molar-refractivity contribution in [3.8, 4) is 0 Å². The number of rotatable bonds is 3. The van der Waals surface area contributed by atoms with E-state index in [0.29, 0.717) is 11.5 Å². The van der Waals surface area contributed by atoms with Crippen molar-refractivity contribution >= 4 is 22.5 Å². The van der Waals surface area contributed by atoms with Crippen LogP contribution in [0.3, 0.4) is 0 Å². The molecule has 3 N–H and O–H groups in total. The standard InChI is InChI=1S/C17H20N4O/c18-17(22)13-10-12-2-1-3-14(21-8-6-19-7-9-21)16(12)20-15(13)11-4-5-11/h1-3,10-11,19H,4-9H2,(H2,18,22). The van der Waals surface area contributed by atoms with E-state index < -0.39 is 0 Å². The van der Waals surface area contributed by atoms with Gasteiger partial charge in [-0.05, 0) is 25.0 Å². The number of anilines is 1. The molecule has 0 unspecified atom stereocenters. The molecule has 2 heterocycles. The summed E-state index contributed by atoms with van der Waals surface area (Å²) in [6.07, 6.45) is 2.21. The molecule has 0 radical (unpaired) electrons. The zero-order chi connectivity index (χ0) is 15.1. The maximum Gasteiger partial charge on any atom is 0.250 e. The number of primary amides is 1. The number of aromatic nitrogens is 1. The Morgan fingerprint density at radius 1 is 1.27 bits per heavy atom. The van der Waals surface area contributed by atoms with E-state index in [2.05, 4.69) is 16.3 Å². The van der Waals surface area contributed by atoms with Gasteiger partial charge >= 0.3 is 0 Å². The first kappa shape index (κ1) is 13.5. The van der Waals surface area contributed by atoms with Crippen LogP contribution >= 0.6 is 0 Å². The molecule has 1 amide bonds. The minimum absolute atomic E-state index is 0.371. The third kappa shape index (κ3) is 2.31. The number of hydrogen-bond donors (Lipinski definition) is 2. The summed E-state index contributed by atoms with van der Waals surface area (Å²) in [4.78, 5) is 19.0. The van der Waals surface area contributed by atoms with Crippen LogP contribution in [0.15, 0.2) is 24.3 Å². The summed E-state index contributed by atoms with van der Waals surface area (Å²) in [6, 6.07) is 8.09. The highest BCUT2D eigenvalue weighted by Gasteiger charge is 2.30. The highest BCUT2D eigenvalue weighted by atomic mass is 16.1. The van der Waals surface area contributed by atoms with Gasteiger partial charge in [-0.1, -0.05) is 12.1 Å². The van der Waals surface area contributed by atoms with E-state index >= 15 is 0 Å². The molecule has 22 heavy (non-hydrogen) atoms. The molecule has 5 nitrogen and oxygen atoms in total. The molecule has 2 aromatic rings. The molecule has 114 valence electrons. The minimum Gasteiger partial charge on any atom is -0.367 e. The van der Waals surface area contributed by atoms with Gasteiger partial charge in [-0.15, -0.1) is 0 Å². The number of benzene rings is 1. The maximum absolute atomic E-state index is 11.7. The summed E-state index contributed by atoms with van der Waals surface area (Å²) in [5.41, 5.74) is 9.20. The van der Waals surface area contributed by atoms with Crippen molar-refractivity contribution in [2.45, 2.75) is 18.8 Å². The third-order valence-corrected chi connectivity index (χ3v) is 4.54. The Balaban J connectivity index is 1.87. The summed E-state index contributed by atoms with van der Waals surface area (Å²) in [5.74, 6) is 0.0341. The molecule has 1 aromatic carbocycles. The number of pyridine rings is 1. The SMILES string of the molecule is NC(=O)c1cc2cccc(N3CCNCC3)c2nc1C1CC1. The number of nitrogens with two attached hydrogens (primary N) is 1. The molecular weight excluding hydrogens is 276 g/mol. The van der Waals surface area contributed by atoms with E-state index in [1.807, 2.05) is 18.2 Å². The van der Waals surface area contributed by atoms with Crippen LogP contribution in [0.1, 0.15) is 34.8 Å². The largest absolute Gasteiger partial charge is 0.367 e. The quantitative estimate of drug-likeness (QED) is 0.903. The number of hydrogen-bond acceptors (Lipinski definition) is 4. The van der Waals surface area contributed by atoms with Crippen LogP contribution in [0.25, 0.3) is 10.9 Å². The van der Waals surface area contributed by atoms with Gasteiger partial charge in [0, 0.05) is 37.5 Å². The maximum atomic E-state index is 11.7. The van der Waals surface area contributed by atoms with Crippen molar-refractivity contribution < 1.29 is 4.79 Å². The predicted octanol–water partition coefficient (Wildman–Crippen LogP) is 1.62. The van der Waals surface area contributed by atoms with Gasteiger partial charge in [0.2, 0.25) is 0 Å². The lowest BCUT2D eigenvalue weighted by molar-refractivity contribution is 0.0999. The van der Waals surface area contributed by atoms with Crippen molar-refractivity contribution in [1.29, 1.82) is 0 Å². The predicted molar refractivity (Wildman–Crippen MR) is 87.3 cm³/mol. The van der Waals surface area contributed by atoms with E-state index in [1.54, 1.807) is 0 Å². The van der Waals surface area contributed by atoms with Crippen LogP contribution in [0, 0.1) is 0 Å². The number of carbonyl (C=O) groups excluding carboxylic acids is 1. The Kier molecular flexibility index (Phi) is 3.22. The second-order valence-corrected chi connectivity index (χ2v) is 6.15. The Morgan fingerprint density at radius 2 is 2.05 bits per heavy atom. The highest BCUT2D eigenvalue weighted by Crippen LogP contribution is 2.42. The average Bonchev–Trinajstić information content (AvgIpc) is 3.38. The molecule has 5 heteroatoms. The number of nitrogens with zero attached hydrogens (tertiary/aromatic N) is 2. The molecule has 1 saturated heterocycles. The van der Waals surface area contributed by atoms with Gasteiger partial charge in [-0.25, -0.2) is 4.98 Å². The monoisotopic (exact) mass is 296 g/mol. The minimum atomic E-state index is -0.371. The van der Waals surface area contributed by atoms with Gasteiger partial charge in [0.25, 0.3) is 5.91 Å². The van der Waals surface area contributed by atoms with E-state index in [4.69, 9.17) is 10.7 Å². The van der Waals surface area contributed by atoms with Gasteiger partial charge in [0.15, 0.2) is 0 Å². The van der Waals surface area contributed by atoms with Gasteiger partial charge in [0.1, 0.15) is 0 Å². The second kappa shape index (κ2) is 5.25. The normalized spacial score (nSPS) is 18.6. The van der Waals surface area contributed by atoms with E-state index in [-0.39, 0.29) is 5.91 Å². The first-order valence-corrected chi connectivity index (χ1v) is 7.93. The van der Waals surface area contributed by atoms with Crippen LogP contribution in [0.2, 0.25) is 0 Å². The van der Waals surface area contributed by atoms with Crippen molar-refractivity contribution in [2.24, 2.45) is 5.73 Å². The van der Waals surface area contributed by atoms with Crippen LogP contribution in [0.4, 0.5) is 5.69 Å². The Labute approximate surface area is 129 Å². The van der Waals surface area contributed by atoms with Crippen LogP contribution in [-0.2, 0) is 0 Å². The highest BCUT2D eigenvalue weighted by molar-refractivity contribution is 6.00. The fraction of sp³-hybridized carbons (Fsp3) is 0.412. The van der Waals surface area contributed by atoms with Crippen molar-refractivity contribution in [2.75, 3.05) is 31.1 Å². The zero-order valence-electron chi connectivity index (χ0n) is 12.5. The lowest BCUT2D eigenvalue weighted by Gasteiger charge is -2.30. The van der Waals surface area contributed by atoms with Crippen molar-refractivity contribution in [1.82, 2.24) is 10.3 Å². The summed E-state index contributed by atoms with van der Waals surface area (Å²) in [6.45, 7) is 3.95. The molecule has 1 aliphatic carbocycles. The summed E-state index contributed by atoms with van der Waals surface area (Å²) in [7, 11) is 0. The third-order valence-electron chi connectivity index (χ3n) is 4.54. The van der Waals surface area contributed by atoms with E-state index in [1.165, 1.54) is 0 Å². The lowest BCUT2D eigenvalue weighted by Crippen LogP contribution is -2.43. The molecule has 0 atom stereocenters. The topological polar surface area (TPSA) is 71.2 Å². The lowest BCUT2D eigenvalue weighted by atomic mass is 10.0. The first-order chi connectivity index (χ1) is 10.7. The number of carbonyl (C=O) groups is 1. The Bertz CT molecular complexity index is 733. The molecule has 4 rings (SSSR count). The number of fused-ring (bicyclic) bond motifs is 1. The van der Waals surface area contributed by atoms with Crippen molar-refractivity contribution in [3.05, 3.63) is 35.5 Å². The summed E-state index contributed by atoms with van der Waals surface area (Å²) >= 11 is 0. The van der Waals surface area contributed by atoms with E-state index in [9.17, 15) is 4.79 Å². The number of amides is 1. The molecule has 1 aliphatic heterocycles. The van der Waals surface area contributed by atoms with E-state index in [0.717, 1.165) is 61.3 Å². The fourth-order valence-electron chi connectivity index (χ4n) is 3.22. The molecule has 2 fully saturated rings. The van der Waals surface area contributed by atoms with Gasteiger partial charge in [0.05, 0.1) is 22.5 Å². The first-order valence-electron chi connectivity index (χ1n) is 7.93. The van der Waals surface area contributed by atoms with Gasteiger partial charge in [-0.2, -0.15) is 0 Å². The zero-order valence-corrected chi connectivity index (χ0v) is 12.5. The number of piperazine rings is 1. The molecule has 2 aliphatic rings. The second-order valence-electron chi connectivity index (χ2n) is 6.15. The van der Waals surface area contributed by atoms with Gasteiger partial charge in [-0.3, -0.25) is 4.79 Å². The molecule has 0 bridgehead atoms. The van der Waals surface area contributed by atoms with Crippen LogP contribution in [-0.4, -0.2) is 37.1 Å². The molecule has 0 spiro atoms. The molecule has 1 aromatic heterocycles. The smallest absolute Gasteiger partial charge is 0.250 e. The number of para-hydroxylation sites is 1. The molecule has 1 saturated carbocycles. The van der Waals surface area contributed by atoms with Crippen molar-refractivity contribution in [3.63, 3.8) is 0 Å². The fourth-order valence-corrected chi connectivity index (χ4v) is 3.22. The number of nitrogens with one attached hydrogen (secondary N) is 1. The van der Waals surface area contributed by atoms with Crippen LogP contribution in [0.5, 0.6) is 0 Å².